The Morgan fingerprint density at radius 2 is 1.66 bits per heavy atom. The third kappa shape index (κ3) is 5.37. The van der Waals surface area contributed by atoms with Crippen molar-refractivity contribution >= 4 is 11.9 Å². The molecule has 162 valence electrons. The Kier molecular flexibility index (Phi) is 6.77. The molecule has 4 rings (SSSR count). The average Bonchev–Trinajstić information content (AvgIpc) is 2.68. The van der Waals surface area contributed by atoms with Gasteiger partial charge in [0.25, 0.3) is 0 Å². The molecule has 3 aliphatic carbocycles. The predicted octanol–water partition coefficient (Wildman–Crippen LogP) is 3.30. The van der Waals surface area contributed by atoms with E-state index in [0.717, 1.165) is 49.8 Å². The van der Waals surface area contributed by atoms with Gasteiger partial charge in [-0.05, 0) is 51.5 Å². The van der Waals surface area contributed by atoms with Crippen LogP contribution in [-0.2, 0) is 16.1 Å². The fraction of sp³-hybridized carbons (Fsp3) is 0.632. The number of ether oxygens (including phenoxy) is 1. The van der Waals surface area contributed by atoms with Gasteiger partial charge in [-0.1, -0.05) is 6.07 Å². The molecule has 0 radical (unpaired) electrons. The second-order valence-electron chi connectivity index (χ2n) is 7.65. The molecule has 2 bridgehead atoms. The summed E-state index contributed by atoms with van der Waals surface area (Å²) >= 11 is 0. The molecule has 3 saturated carbocycles. The first-order valence-corrected chi connectivity index (χ1v) is 9.22. The fourth-order valence-corrected chi connectivity index (χ4v) is 3.90. The number of carboxylic acid groups (broad SMARTS) is 2. The van der Waals surface area contributed by atoms with E-state index in [1.807, 2.05) is 19.1 Å². The second kappa shape index (κ2) is 8.56. The first kappa shape index (κ1) is 22.9. The molecule has 3 aliphatic rings. The number of carbonyl (C=O) groups is 2. The van der Waals surface area contributed by atoms with Crippen molar-refractivity contribution in [2.24, 2.45) is 5.41 Å². The number of halogens is 3. The summed E-state index contributed by atoms with van der Waals surface area (Å²) in [5, 5.41) is 20.2. The molecule has 1 aromatic heterocycles. The smallest absolute Gasteiger partial charge is 0.481 e. The number of hydrogen-bond acceptors (Lipinski definition) is 5. The third-order valence-electron chi connectivity index (χ3n) is 5.89. The lowest BCUT2D eigenvalue weighted by molar-refractivity contribution is -0.192. The van der Waals surface area contributed by atoms with E-state index in [9.17, 15) is 23.1 Å². The van der Waals surface area contributed by atoms with Crippen LogP contribution in [0.25, 0.3) is 0 Å². The van der Waals surface area contributed by atoms with E-state index in [1.165, 1.54) is 0 Å². The number of carboxylic acids is 2. The molecular formula is C19H25F3N2O5. The maximum Gasteiger partial charge on any atom is 0.490 e. The van der Waals surface area contributed by atoms with Crippen molar-refractivity contribution in [3.63, 3.8) is 0 Å². The van der Waals surface area contributed by atoms with Crippen molar-refractivity contribution in [3.05, 3.63) is 23.4 Å². The number of methoxy groups -OCH3 is 1. The lowest BCUT2D eigenvalue weighted by Crippen LogP contribution is -2.56. The topological polar surface area (TPSA) is 109 Å². The molecule has 0 atom stereocenters. The molecule has 0 aromatic carbocycles. The minimum atomic E-state index is -5.08. The summed E-state index contributed by atoms with van der Waals surface area (Å²) in [7, 11) is 1.64. The number of aliphatic carboxylic acids is 2. The van der Waals surface area contributed by atoms with Gasteiger partial charge in [0.15, 0.2) is 0 Å². The second-order valence-corrected chi connectivity index (χ2v) is 7.65. The lowest BCUT2D eigenvalue weighted by atomic mass is 9.57. The highest BCUT2D eigenvalue weighted by atomic mass is 19.4. The number of fused-ring (bicyclic) bond motifs is 3. The van der Waals surface area contributed by atoms with Gasteiger partial charge in [-0.25, -0.2) is 9.78 Å². The van der Waals surface area contributed by atoms with E-state index >= 15 is 0 Å². The van der Waals surface area contributed by atoms with E-state index in [2.05, 4.69) is 10.3 Å². The Morgan fingerprint density at radius 1 is 1.14 bits per heavy atom. The number of hydrogen-bond donors (Lipinski definition) is 3. The average molecular weight is 418 g/mol. The van der Waals surface area contributed by atoms with Crippen LogP contribution in [0.15, 0.2) is 12.1 Å². The molecule has 7 nitrogen and oxygen atoms in total. The highest BCUT2D eigenvalue weighted by Crippen LogP contribution is 2.52. The van der Waals surface area contributed by atoms with Crippen LogP contribution >= 0.6 is 0 Å². The number of nitrogens with one attached hydrogen (secondary N) is 1. The van der Waals surface area contributed by atoms with Crippen molar-refractivity contribution < 1.29 is 37.7 Å². The van der Waals surface area contributed by atoms with Crippen LogP contribution in [-0.4, -0.2) is 46.0 Å². The van der Waals surface area contributed by atoms with Crippen LogP contribution in [0.2, 0.25) is 0 Å². The van der Waals surface area contributed by atoms with Crippen molar-refractivity contribution in [3.8, 4) is 5.88 Å². The summed E-state index contributed by atoms with van der Waals surface area (Å²) in [5.74, 6) is -2.69. The number of aryl methyl sites for hydroxylation is 1. The maximum absolute atomic E-state index is 11.5. The Morgan fingerprint density at radius 3 is 2.07 bits per heavy atom. The molecule has 0 unspecified atom stereocenters. The summed E-state index contributed by atoms with van der Waals surface area (Å²) in [5.41, 5.74) is 1.65. The monoisotopic (exact) mass is 418 g/mol. The highest BCUT2D eigenvalue weighted by molar-refractivity contribution is 5.75. The molecule has 0 amide bonds. The van der Waals surface area contributed by atoms with E-state index < -0.39 is 23.5 Å². The minimum absolute atomic E-state index is 0.0942. The number of rotatable bonds is 5. The first-order chi connectivity index (χ1) is 13.4. The van der Waals surface area contributed by atoms with Gasteiger partial charge in [0.2, 0.25) is 5.88 Å². The largest absolute Gasteiger partial charge is 0.490 e. The number of pyridine rings is 1. The number of alkyl halides is 3. The Bertz CT molecular complexity index is 742. The Balaban J connectivity index is 0.000000370. The van der Waals surface area contributed by atoms with Crippen LogP contribution in [0.1, 0.15) is 49.8 Å². The first-order valence-electron chi connectivity index (χ1n) is 9.22. The molecule has 1 heterocycles. The molecule has 0 saturated heterocycles. The maximum atomic E-state index is 11.5. The molecule has 3 fully saturated rings. The van der Waals surface area contributed by atoms with Gasteiger partial charge in [-0.2, -0.15) is 13.2 Å². The molecule has 10 heteroatoms. The standard InChI is InChI=1S/C17H24N2O3.C2HF3O2/c1-12-3-4-13(19-14(12)22-2)11-18-17-8-5-16(6-9-17,7-10-17)15(20)21;3-2(4,5)1(6)7/h3-4,18H,5-11H2,1-2H3,(H,20,21);(H,6,7). The number of nitrogens with zero attached hydrogens (tertiary/aromatic N) is 1. The highest BCUT2D eigenvalue weighted by Gasteiger charge is 2.52. The minimum Gasteiger partial charge on any atom is -0.481 e. The van der Waals surface area contributed by atoms with Crippen molar-refractivity contribution in [1.29, 1.82) is 0 Å². The van der Waals surface area contributed by atoms with Gasteiger partial charge in [0, 0.05) is 17.6 Å². The molecule has 0 spiro atoms. The summed E-state index contributed by atoms with van der Waals surface area (Å²) < 4.78 is 37.0. The molecular weight excluding hydrogens is 393 g/mol. The summed E-state index contributed by atoms with van der Waals surface area (Å²) in [6.45, 7) is 2.69. The summed E-state index contributed by atoms with van der Waals surface area (Å²) in [6.07, 6.45) is 0.132. The van der Waals surface area contributed by atoms with E-state index in [-0.39, 0.29) is 5.54 Å². The van der Waals surface area contributed by atoms with Crippen LogP contribution in [0, 0.1) is 12.3 Å². The summed E-state index contributed by atoms with van der Waals surface area (Å²) in [6, 6.07) is 4.05. The van der Waals surface area contributed by atoms with Crippen LogP contribution in [0.3, 0.4) is 0 Å². The van der Waals surface area contributed by atoms with Gasteiger partial charge in [0.1, 0.15) is 0 Å². The zero-order valence-electron chi connectivity index (χ0n) is 16.3. The Hall–Kier alpha value is -2.36. The van der Waals surface area contributed by atoms with Gasteiger partial charge >= 0.3 is 18.1 Å². The van der Waals surface area contributed by atoms with Crippen LogP contribution in [0.4, 0.5) is 13.2 Å². The van der Waals surface area contributed by atoms with Gasteiger partial charge in [-0.3, -0.25) is 4.79 Å². The van der Waals surface area contributed by atoms with Crippen molar-refractivity contribution in [2.75, 3.05) is 7.11 Å². The summed E-state index contributed by atoms with van der Waals surface area (Å²) in [4.78, 5) is 24.9. The van der Waals surface area contributed by atoms with E-state index in [0.29, 0.717) is 12.4 Å². The third-order valence-corrected chi connectivity index (χ3v) is 5.89. The van der Waals surface area contributed by atoms with Crippen molar-refractivity contribution in [2.45, 2.75) is 63.7 Å². The molecule has 3 N–H and O–H groups in total. The SMILES string of the molecule is COc1nc(CNC23CCC(C(=O)O)(CC2)CC3)ccc1C.O=C(O)C(F)(F)F. The van der Waals surface area contributed by atoms with E-state index in [1.54, 1.807) is 7.11 Å². The molecule has 0 aliphatic heterocycles. The van der Waals surface area contributed by atoms with Crippen molar-refractivity contribution in [1.82, 2.24) is 10.3 Å². The predicted molar refractivity (Wildman–Crippen MR) is 96.6 cm³/mol. The van der Waals surface area contributed by atoms with Crippen LogP contribution in [0.5, 0.6) is 5.88 Å². The fourth-order valence-electron chi connectivity index (χ4n) is 3.90. The zero-order valence-corrected chi connectivity index (χ0v) is 16.3. The number of aromatic nitrogens is 1. The molecule has 1 aromatic rings. The zero-order chi connectivity index (χ0) is 21.9. The van der Waals surface area contributed by atoms with Crippen LogP contribution < -0.4 is 10.1 Å². The molecule has 29 heavy (non-hydrogen) atoms. The Labute approximate surface area is 166 Å². The van der Waals surface area contributed by atoms with Gasteiger partial charge < -0.3 is 20.3 Å². The van der Waals surface area contributed by atoms with Gasteiger partial charge in [0.05, 0.1) is 18.2 Å². The van der Waals surface area contributed by atoms with E-state index in [4.69, 9.17) is 14.6 Å². The normalized spacial score (nSPS) is 25.7. The quantitative estimate of drug-likeness (QED) is 0.673. The van der Waals surface area contributed by atoms with Gasteiger partial charge in [-0.15, -0.1) is 0 Å². The lowest BCUT2D eigenvalue weighted by Gasteiger charge is -2.51.